The molecule has 8 heteroatoms. The van der Waals surface area contributed by atoms with E-state index in [0.29, 0.717) is 5.84 Å². The average Bonchev–Trinajstić information content (AvgIpc) is 3.06. The number of hydrogen-bond donors (Lipinski definition) is 0. The fourth-order valence-electron chi connectivity index (χ4n) is 3.15. The maximum atomic E-state index is 12.7. The van der Waals surface area contributed by atoms with Crippen LogP contribution in [0.3, 0.4) is 0 Å². The molecule has 0 fully saturated rings. The molecule has 1 amide bonds. The van der Waals surface area contributed by atoms with Gasteiger partial charge in [0.15, 0.2) is 5.69 Å². The van der Waals surface area contributed by atoms with Crippen LogP contribution in [0.4, 0.5) is 0 Å². The van der Waals surface area contributed by atoms with Crippen molar-refractivity contribution in [3.8, 4) is 0 Å². The maximum absolute atomic E-state index is 12.7. The Balaban J connectivity index is 1.81. The van der Waals surface area contributed by atoms with Crippen molar-refractivity contribution >= 4 is 46.0 Å². The van der Waals surface area contributed by atoms with E-state index in [1.165, 1.54) is 19.0 Å². The highest BCUT2D eigenvalue weighted by molar-refractivity contribution is 14.1. The smallest absolute Gasteiger partial charge is 0.358 e. The molecule has 4 rings (SSSR count). The number of fused-ring (bicyclic) bond motifs is 3. The van der Waals surface area contributed by atoms with E-state index >= 15 is 0 Å². The van der Waals surface area contributed by atoms with E-state index in [1.54, 1.807) is 15.7 Å². The molecular formula is C18H15IN4O3. The lowest BCUT2D eigenvalue weighted by Crippen LogP contribution is -2.40. The lowest BCUT2D eigenvalue weighted by molar-refractivity contribution is -0.126. The Morgan fingerprint density at radius 2 is 2.15 bits per heavy atom. The second kappa shape index (κ2) is 6.67. The van der Waals surface area contributed by atoms with Crippen LogP contribution in [0.1, 0.15) is 21.6 Å². The molecule has 132 valence electrons. The summed E-state index contributed by atoms with van der Waals surface area (Å²) in [6.45, 7) is 0.0444. The molecule has 0 radical (unpaired) electrons. The summed E-state index contributed by atoms with van der Waals surface area (Å²) in [6, 6.07) is 8.06. The molecular weight excluding hydrogens is 447 g/mol. The minimum absolute atomic E-state index is 0.0317. The van der Waals surface area contributed by atoms with Gasteiger partial charge in [0.05, 0.1) is 16.9 Å². The number of benzene rings is 1. The van der Waals surface area contributed by atoms with Gasteiger partial charge in [-0.15, -0.1) is 0 Å². The number of carbonyl (C=O) groups excluding carboxylic acids is 2. The fourth-order valence-corrected chi connectivity index (χ4v) is 4.23. The van der Waals surface area contributed by atoms with Crippen molar-refractivity contribution in [1.29, 1.82) is 0 Å². The first-order chi connectivity index (χ1) is 12.6. The largest absolute Gasteiger partial charge is 0.464 e. The number of allylic oxidation sites excluding steroid dienone is 1. The molecule has 1 aromatic carbocycles. The van der Waals surface area contributed by atoms with E-state index in [4.69, 9.17) is 4.74 Å². The van der Waals surface area contributed by atoms with Crippen molar-refractivity contribution in [3.05, 3.63) is 59.7 Å². The van der Waals surface area contributed by atoms with Crippen molar-refractivity contribution in [2.24, 2.45) is 4.99 Å². The maximum Gasteiger partial charge on any atom is 0.358 e. The number of carbonyl (C=O) groups is 2. The van der Waals surface area contributed by atoms with Gasteiger partial charge in [-0.25, -0.2) is 9.78 Å². The Kier molecular flexibility index (Phi) is 4.35. The predicted molar refractivity (Wildman–Crippen MR) is 104 cm³/mol. The minimum atomic E-state index is -0.515. The van der Waals surface area contributed by atoms with Crippen molar-refractivity contribution < 1.29 is 14.3 Å². The van der Waals surface area contributed by atoms with Gasteiger partial charge in [-0.1, -0.05) is 46.9 Å². The van der Waals surface area contributed by atoms with E-state index in [-0.39, 0.29) is 22.2 Å². The summed E-state index contributed by atoms with van der Waals surface area (Å²) in [7, 11) is 1.31. The van der Waals surface area contributed by atoms with Crippen LogP contribution in [0.15, 0.2) is 47.9 Å². The van der Waals surface area contributed by atoms with Crippen molar-refractivity contribution in [1.82, 2.24) is 14.5 Å². The van der Waals surface area contributed by atoms with Gasteiger partial charge in [-0.2, -0.15) is 0 Å². The first-order valence-corrected chi connectivity index (χ1v) is 9.26. The van der Waals surface area contributed by atoms with Crippen LogP contribution in [-0.2, 0) is 16.0 Å². The predicted octanol–water partition coefficient (Wildman–Crippen LogP) is 2.12. The fraction of sp³-hybridized carbons (Fsp3) is 0.222. The summed E-state index contributed by atoms with van der Waals surface area (Å²) in [5, 5.41) is 0. The number of imidazole rings is 1. The number of rotatable bonds is 1. The molecule has 0 bridgehead atoms. The lowest BCUT2D eigenvalue weighted by Gasteiger charge is -2.35. The lowest BCUT2D eigenvalue weighted by atomic mass is 9.96. The summed E-state index contributed by atoms with van der Waals surface area (Å²) in [6.07, 6.45) is 5.72. The van der Waals surface area contributed by atoms with Crippen molar-refractivity contribution in [2.75, 3.05) is 13.7 Å². The molecule has 2 aromatic rings. The normalized spacial score (nSPS) is 19.1. The molecule has 0 aliphatic carbocycles. The number of halogens is 1. The highest BCUT2D eigenvalue weighted by Crippen LogP contribution is 2.35. The molecule has 1 aromatic heterocycles. The first kappa shape index (κ1) is 17.0. The first-order valence-electron chi connectivity index (χ1n) is 8.01. The Labute approximate surface area is 163 Å². The number of ether oxygens (including phenoxy) is 1. The van der Waals surface area contributed by atoms with Crippen molar-refractivity contribution in [2.45, 2.75) is 10.5 Å². The van der Waals surface area contributed by atoms with Crippen LogP contribution in [0, 0.1) is 0 Å². The topological polar surface area (TPSA) is 76.8 Å². The molecule has 0 saturated heterocycles. The molecule has 3 heterocycles. The van der Waals surface area contributed by atoms with Crippen LogP contribution in [0.5, 0.6) is 0 Å². The molecule has 0 spiro atoms. The van der Waals surface area contributed by atoms with Gasteiger partial charge in [-0.3, -0.25) is 19.3 Å². The standard InChI is InChI=1S/C18H15IN4O3/c1-26-18(25)13-9-22(10-21-13)16-7-14-12-5-3-2-4-11(12)6-15(19)23(14)17(24)8-20-16/h2-5,7,9-10,15H,6,8H2,1H3. The van der Waals surface area contributed by atoms with Crippen LogP contribution < -0.4 is 0 Å². The molecule has 7 nitrogen and oxygen atoms in total. The Hall–Kier alpha value is -2.49. The van der Waals surface area contributed by atoms with E-state index < -0.39 is 5.97 Å². The van der Waals surface area contributed by atoms with Gasteiger partial charge >= 0.3 is 5.97 Å². The van der Waals surface area contributed by atoms with E-state index in [2.05, 4.69) is 38.6 Å². The number of aliphatic imine (C=N–C) groups is 1. The highest BCUT2D eigenvalue weighted by atomic mass is 127. The third-order valence-corrected chi connectivity index (χ3v) is 5.37. The molecule has 1 atom stereocenters. The zero-order valence-corrected chi connectivity index (χ0v) is 16.1. The third-order valence-electron chi connectivity index (χ3n) is 4.37. The zero-order valence-electron chi connectivity index (χ0n) is 13.9. The van der Waals surface area contributed by atoms with Gasteiger partial charge in [0.2, 0.25) is 5.91 Å². The molecule has 0 saturated carbocycles. The van der Waals surface area contributed by atoms with Gasteiger partial charge in [-0.05, 0) is 5.56 Å². The minimum Gasteiger partial charge on any atom is -0.464 e. The average molecular weight is 462 g/mol. The van der Waals surface area contributed by atoms with Crippen LogP contribution in [-0.4, -0.2) is 49.9 Å². The molecule has 2 aliphatic rings. The molecule has 0 N–H and O–H groups in total. The molecule has 26 heavy (non-hydrogen) atoms. The van der Waals surface area contributed by atoms with E-state index in [0.717, 1.165) is 17.7 Å². The quantitative estimate of drug-likeness (QED) is 0.282. The van der Waals surface area contributed by atoms with E-state index in [9.17, 15) is 9.59 Å². The van der Waals surface area contributed by atoms with Gasteiger partial charge < -0.3 is 4.74 Å². The third kappa shape index (κ3) is 2.83. The van der Waals surface area contributed by atoms with Crippen LogP contribution in [0.2, 0.25) is 0 Å². The number of nitrogens with zero attached hydrogens (tertiary/aromatic N) is 4. The Bertz CT molecular complexity index is 963. The van der Waals surface area contributed by atoms with Crippen LogP contribution in [0.25, 0.3) is 5.70 Å². The molecule has 1 unspecified atom stereocenters. The number of amides is 1. The van der Waals surface area contributed by atoms with Gasteiger partial charge in [0.1, 0.15) is 18.7 Å². The molecule has 2 aliphatic heterocycles. The number of esters is 1. The SMILES string of the molecule is COC(=O)c1cn(C2=NCC(=O)N3C(=C2)c2ccccc2CC3I)cn1. The van der Waals surface area contributed by atoms with Gasteiger partial charge in [0.25, 0.3) is 0 Å². The summed E-state index contributed by atoms with van der Waals surface area (Å²) in [5.74, 6) is -0.00840. The number of hydrogen-bond acceptors (Lipinski definition) is 5. The Morgan fingerprint density at radius 3 is 2.96 bits per heavy atom. The second-order valence-electron chi connectivity index (χ2n) is 5.92. The summed E-state index contributed by atoms with van der Waals surface area (Å²) in [4.78, 5) is 34.6. The zero-order chi connectivity index (χ0) is 18.3. The van der Waals surface area contributed by atoms with Crippen LogP contribution >= 0.6 is 22.6 Å². The summed E-state index contributed by atoms with van der Waals surface area (Å²) >= 11 is 2.29. The summed E-state index contributed by atoms with van der Waals surface area (Å²) < 4.78 is 6.36. The number of methoxy groups -OCH3 is 1. The highest BCUT2D eigenvalue weighted by Gasteiger charge is 2.33. The van der Waals surface area contributed by atoms with Crippen molar-refractivity contribution in [3.63, 3.8) is 0 Å². The second-order valence-corrected chi connectivity index (χ2v) is 7.36. The summed E-state index contributed by atoms with van der Waals surface area (Å²) in [5.41, 5.74) is 3.23. The number of aromatic nitrogens is 2. The van der Waals surface area contributed by atoms with E-state index in [1.807, 2.05) is 24.3 Å². The van der Waals surface area contributed by atoms with Gasteiger partial charge in [0, 0.05) is 24.3 Å². The number of alkyl halides is 1. The Morgan fingerprint density at radius 1 is 1.35 bits per heavy atom. The monoisotopic (exact) mass is 462 g/mol.